The number of nitrogens with one attached hydrogen (secondary N) is 1. The molecule has 0 aliphatic carbocycles. The summed E-state index contributed by atoms with van der Waals surface area (Å²) in [6, 6.07) is 1.91. The van der Waals surface area contributed by atoms with E-state index in [0.29, 0.717) is 30.6 Å². The number of halogens is 6. The van der Waals surface area contributed by atoms with Crippen molar-refractivity contribution in [3.05, 3.63) is 46.2 Å². The molecule has 39 heavy (non-hydrogen) atoms. The number of carboxylic acids is 2. The Hall–Kier alpha value is -3.96. The molecule has 0 bridgehead atoms. The van der Waals surface area contributed by atoms with Gasteiger partial charge in [-0.25, -0.2) is 19.6 Å². The monoisotopic (exact) mass is 572 g/mol. The Morgan fingerprint density at radius 3 is 2.03 bits per heavy atom. The van der Waals surface area contributed by atoms with E-state index in [9.17, 15) is 35.9 Å². The lowest BCUT2D eigenvalue weighted by Gasteiger charge is -2.23. The number of imidazole rings is 1. The normalized spacial score (nSPS) is 13.7. The topological polar surface area (TPSA) is 160 Å². The average Bonchev–Trinajstić information content (AvgIpc) is 3.10. The molecule has 0 aromatic carbocycles. The summed E-state index contributed by atoms with van der Waals surface area (Å²) >= 11 is 0. The molecule has 0 spiro atoms. The summed E-state index contributed by atoms with van der Waals surface area (Å²) in [5.74, 6) is -4.70. The summed E-state index contributed by atoms with van der Waals surface area (Å²) < 4.78 is 66.9. The van der Waals surface area contributed by atoms with Gasteiger partial charge in [0.05, 0.1) is 18.8 Å². The molecule has 1 aliphatic heterocycles. The SMILES string of the molecule is CC(C)N1CCCn2c(nc(CNC(=O)c3nccn3C)cc2=O)C1.O=C(O)C(F)(F)F.O=C(O)C(F)(F)F. The van der Waals surface area contributed by atoms with Crippen molar-refractivity contribution in [2.24, 2.45) is 7.05 Å². The lowest BCUT2D eigenvalue weighted by molar-refractivity contribution is -0.193. The van der Waals surface area contributed by atoms with Crippen molar-refractivity contribution >= 4 is 17.8 Å². The Kier molecular flexibility index (Phi) is 11.6. The average molecular weight is 572 g/mol. The fourth-order valence-corrected chi connectivity index (χ4v) is 3.02. The van der Waals surface area contributed by atoms with Crippen molar-refractivity contribution in [2.45, 2.75) is 58.3 Å². The van der Waals surface area contributed by atoms with Crippen LogP contribution in [0.4, 0.5) is 26.3 Å². The molecule has 2 aromatic heterocycles. The first kappa shape index (κ1) is 33.1. The van der Waals surface area contributed by atoms with Crippen LogP contribution in [0.5, 0.6) is 0 Å². The number of carbonyl (C=O) groups excluding carboxylic acids is 1. The van der Waals surface area contributed by atoms with Gasteiger partial charge in [0.1, 0.15) is 5.82 Å². The van der Waals surface area contributed by atoms with Crippen LogP contribution in [0.3, 0.4) is 0 Å². The number of aromatic nitrogens is 4. The first-order chi connectivity index (χ1) is 17.8. The summed E-state index contributed by atoms with van der Waals surface area (Å²) in [4.78, 5) is 53.3. The van der Waals surface area contributed by atoms with E-state index in [0.717, 1.165) is 18.8 Å². The molecule has 18 heteroatoms. The largest absolute Gasteiger partial charge is 0.490 e. The van der Waals surface area contributed by atoms with Crippen molar-refractivity contribution in [1.82, 2.24) is 29.3 Å². The predicted molar refractivity (Wildman–Crippen MR) is 120 cm³/mol. The Morgan fingerprint density at radius 2 is 1.59 bits per heavy atom. The van der Waals surface area contributed by atoms with Gasteiger partial charge in [0.2, 0.25) is 0 Å². The van der Waals surface area contributed by atoms with E-state index in [2.05, 4.69) is 34.0 Å². The summed E-state index contributed by atoms with van der Waals surface area (Å²) in [6.07, 6.45) is -5.95. The van der Waals surface area contributed by atoms with Gasteiger partial charge in [0.15, 0.2) is 5.82 Å². The number of carboxylic acid groups (broad SMARTS) is 2. The molecule has 12 nitrogen and oxygen atoms in total. The maximum atomic E-state index is 12.4. The molecule has 0 unspecified atom stereocenters. The number of carbonyl (C=O) groups is 3. The van der Waals surface area contributed by atoms with Crippen molar-refractivity contribution in [2.75, 3.05) is 6.54 Å². The van der Waals surface area contributed by atoms with E-state index in [1.165, 1.54) is 6.07 Å². The fourth-order valence-electron chi connectivity index (χ4n) is 3.02. The van der Waals surface area contributed by atoms with E-state index in [4.69, 9.17) is 19.8 Å². The van der Waals surface area contributed by atoms with Crippen molar-refractivity contribution in [3.8, 4) is 0 Å². The minimum atomic E-state index is -5.08. The summed E-state index contributed by atoms with van der Waals surface area (Å²) in [5, 5.41) is 17.0. The number of aliphatic carboxylic acids is 2. The molecule has 218 valence electrons. The number of hydrogen-bond acceptors (Lipinski definition) is 7. The first-order valence-electron chi connectivity index (χ1n) is 11.0. The van der Waals surface area contributed by atoms with Crippen LogP contribution in [0.1, 0.15) is 42.4 Å². The fraction of sp³-hybridized carbons (Fsp3) is 0.524. The quantitative estimate of drug-likeness (QED) is 0.464. The van der Waals surface area contributed by atoms with Crippen molar-refractivity contribution in [3.63, 3.8) is 0 Å². The van der Waals surface area contributed by atoms with Crippen LogP contribution in [0.15, 0.2) is 23.3 Å². The molecule has 0 saturated heterocycles. The molecule has 1 aliphatic rings. The number of aryl methyl sites for hydroxylation is 1. The highest BCUT2D eigenvalue weighted by atomic mass is 19.4. The van der Waals surface area contributed by atoms with Gasteiger partial charge in [-0.2, -0.15) is 26.3 Å². The first-order valence-corrected chi connectivity index (χ1v) is 11.0. The number of amides is 1. The third-order valence-electron chi connectivity index (χ3n) is 4.98. The smallest absolute Gasteiger partial charge is 0.475 e. The number of nitrogens with zero attached hydrogens (tertiary/aromatic N) is 5. The Bertz CT molecular complexity index is 1180. The summed E-state index contributed by atoms with van der Waals surface area (Å²) in [5.41, 5.74) is 0.515. The van der Waals surface area contributed by atoms with Crippen LogP contribution in [0.25, 0.3) is 0 Å². The highest BCUT2D eigenvalue weighted by molar-refractivity contribution is 5.90. The van der Waals surface area contributed by atoms with E-state index >= 15 is 0 Å². The Balaban J connectivity index is 0.000000449. The van der Waals surface area contributed by atoms with Gasteiger partial charge < -0.3 is 20.1 Å². The highest BCUT2D eigenvalue weighted by Gasteiger charge is 2.38. The lowest BCUT2D eigenvalue weighted by Crippen LogP contribution is -2.33. The van der Waals surface area contributed by atoms with Crippen molar-refractivity contribution < 1.29 is 50.9 Å². The predicted octanol–water partition coefficient (Wildman–Crippen LogP) is 1.79. The molecular formula is C21H26F6N6O6. The summed E-state index contributed by atoms with van der Waals surface area (Å²) in [6.45, 7) is 6.77. The van der Waals surface area contributed by atoms with Gasteiger partial charge in [-0.15, -0.1) is 0 Å². The van der Waals surface area contributed by atoms with Gasteiger partial charge in [-0.05, 0) is 20.3 Å². The van der Waals surface area contributed by atoms with Gasteiger partial charge >= 0.3 is 24.3 Å². The van der Waals surface area contributed by atoms with Gasteiger partial charge in [0, 0.05) is 44.6 Å². The maximum absolute atomic E-state index is 12.4. The Labute approximate surface area is 216 Å². The summed E-state index contributed by atoms with van der Waals surface area (Å²) in [7, 11) is 1.76. The van der Waals surface area contributed by atoms with E-state index in [1.807, 2.05) is 0 Å². The standard InChI is InChI=1S/C17H24N6O2.2C2HF3O2/c1-12(2)22-6-4-7-23-14(11-22)20-13(9-15(23)24)10-19-17(25)16-18-5-8-21(16)3;2*3-2(4,5)1(6)7/h5,8-9,12H,4,6-7,10-11H2,1-3H3,(H,19,25);2*(H,6,7). The second-order valence-electron chi connectivity index (χ2n) is 8.22. The minimum Gasteiger partial charge on any atom is -0.475 e. The van der Waals surface area contributed by atoms with Crippen molar-refractivity contribution in [1.29, 1.82) is 0 Å². The molecule has 0 atom stereocenters. The highest BCUT2D eigenvalue weighted by Crippen LogP contribution is 2.14. The third kappa shape index (κ3) is 10.7. The third-order valence-corrected chi connectivity index (χ3v) is 4.98. The molecule has 0 radical (unpaired) electrons. The molecule has 3 heterocycles. The van der Waals surface area contributed by atoms with Crippen LogP contribution in [0, 0.1) is 0 Å². The number of hydrogen-bond donors (Lipinski definition) is 3. The zero-order chi connectivity index (χ0) is 30.1. The number of rotatable bonds is 4. The maximum Gasteiger partial charge on any atom is 0.490 e. The van der Waals surface area contributed by atoms with Gasteiger partial charge in [-0.3, -0.25) is 19.1 Å². The van der Waals surface area contributed by atoms with E-state index in [1.54, 1.807) is 28.6 Å². The van der Waals surface area contributed by atoms with Crippen LogP contribution in [-0.2, 0) is 36.3 Å². The molecule has 1 amide bonds. The molecular weight excluding hydrogens is 546 g/mol. The van der Waals surface area contributed by atoms with Crippen LogP contribution in [-0.4, -0.2) is 77.0 Å². The lowest BCUT2D eigenvalue weighted by atomic mass is 10.3. The number of fused-ring (bicyclic) bond motifs is 1. The molecule has 0 fully saturated rings. The molecule has 3 N–H and O–H groups in total. The molecule has 3 rings (SSSR count). The zero-order valence-electron chi connectivity index (χ0n) is 20.9. The second-order valence-corrected chi connectivity index (χ2v) is 8.22. The van der Waals surface area contributed by atoms with E-state index < -0.39 is 24.3 Å². The second kappa shape index (κ2) is 13.7. The van der Waals surface area contributed by atoms with Gasteiger partial charge in [-0.1, -0.05) is 0 Å². The van der Waals surface area contributed by atoms with Crippen LogP contribution < -0.4 is 10.9 Å². The number of alkyl halides is 6. The van der Waals surface area contributed by atoms with Crippen LogP contribution in [0.2, 0.25) is 0 Å². The minimum absolute atomic E-state index is 0.0585. The molecule has 2 aromatic rings. The zero-order valence-corrected chi connectivity index (χ0v) is 20.9. The van der Waals surface area contributed by atoms with E-state index in [-0.39, 0.29) is 18.0 Å². The van der Waals surface area contributed by atoms with Gasteiger partial charge in [0.25, 0.3) is 11.5 Å². The Morgan fingerprint density at radius 1 is 1.05 bits per heavy atom. The molecule has 0 saturated carbocycles. The van der Waals surface area contributed by atoms with Crippen LogP contribution >= 0.6 is 0 Å².